The number of benzene rings is 2. The summed E-state index contributed by atoms with van der Waals surface area (Å²) in [4.78, 5) is 27.6. The van der Waals surface area contributed by atoms with Crippen molar-refractivity contribution in [1.29, 1.82) is 0 Å². The zero-order valence-corrected chi connectivity index (χ0v) is 14.4. The van der Waals surface area contributed by atoms with Gasteiger partial charge in [-0.25, -0.2) is 0 Å². The molecule has 25 heavy (non-hydrogen) atoms. The summed E-state index contributed by atoms with van der Waals surface area (Å²) in [7, 11) is 1.80. The predicted octanol–water partition coefficient (Wildman–Crippen LogP) is 2.81. The van der Waals surface area contributed by atoms with Crippen molar-refractivity contribution in [3.63, 3.8) is 0 Å². The lowest BCUT2D eigenvalue weighted by Crippen LogP contribution is -2.44. The molecule has 2 aromatic rings. The van der Waals surface area contributed by atoms with E-state index in [1.807, 2.05) is 54.6 Å². The van der Waals surface area contributed by atoms with Crippen LogP contribution in [0.15, 0.2) is 54.6 Å². The molecular weight excluding hydrogens is 312 g/mol. The highest BCUT2D eigenvalue weighted by Gasteiger charge is 2.51. The fourth-order valence-corrected chi connectivity index (χ4v) is 3.85. The molecular formula is C21H22N2O2. The summed E-state index contributed by atoms with van der Waals surface area (Å²) in [6, 6.07) is 18.1. The minimum absolute atomic E-state index is 0.00324. The molecule has 4 rings (SSSR count). The zero-order valence-electron chi connectivity index (χ0n) is 14.4. The molecule has 0 unspecified atom stereocenters. The number of amides is 2. The van der Waals surface area contributed by atoms with E-state index >= 15 is 0 Å². The SMILES string of the molecule is CN1C(=O)[C@](CC(=O)NC2CC2)(Cc2ccccc2)c2ccccc21. The van der Waals surface area contributed by atoms with Crippen LogP contribution in [0.25, 0.3) is 0 Å². The minimum atomic E-state index is -0.828. The maximum atomic E-state index is 13.3. The highest BCUT2D eigenvalue weighted by atomic mass is 16.2. The molecule has 0 aromatic heterocycles. The Kier molecular flexibility index (Phi) is 3.83. The summed E-state index contributed by atoms with van der Waals surface area (Å²) in [6.45, 7) is 0. The Morgan fingerprint density at radius 1 is 1.12 bits per heavy atom. The second-order valence-corrected chi connectivity index (χ2v) is 7.14. The first-order valence-corrected chi connectivity index (χ1v) is 8.81. The van der Waals surface area contributed by atoms with Crippen LogP contribution in [0.2, 0.25) is 0 Å². The quantitative estimate of drug-likeness (QED) is 0.914. The molecule has 2 amide bonds. The van der Waals surface area contributed by atoms with E-state index in [0.717, 1.165) is 29.7 Å². The van der Waals surface area contributed by atoms with Crippen LogP contribution in [-0.2, 0) is 21.4 Å². The minimum Gasteiger partial charge on any atom is -0.353 e. The van der Waals surface area contributed by atoms with Crippen molar-refractivity contribution in [2.24, 2.45) is 0 Å². The van der Waals surface area contributed by atoms with E-state index in [4.69, 9.17) is 0 Å². The average molecular weight is 334 g/mol. The van der Waals surface area contributed by atoms with E-state index in [-0.39, 0.29) is 18.2 Å². The summed E-state index contributed by atoms with van der Waals surface area (Å²) in [5.41, 5.74) is 2.10. The van der Waals surface area contributed by atoms with Crippen molar-refractivity contribution in [2.45, 2.75) is 37.1 Å². The second kappa shape index (κ2) is 6.03. The van der Waals surface area contributed by atoms with Gasteiger partial charge in [0.1, 0.15) is 0 Å². The van der Waals surface area contributed by atoms with Crippen molar-refractivity contribution in [2.75, 3.05) is 11.9 Å². The smallest absolute Gasteiger partial charge is 0.238 e. The van der Waals surface area contributed by atoms with Gasteiger partial charge in [0.05, 0.1) is 5.41 Å². The number of carbonyl (C=O) groups is 2. The molecule has 2 aromatic carbocycles. The Labute approximate surface area is 147 Å². The second-order valence-electron chi connectivity index (χ2n) is 7.14. The lowest BCUT2D eigenvalue weighted by Gasteiger charge is -2.28. The average Bonchev–Trinajstić information content (AvgIpc) is 3.41. The summed E-state index contributed by atoms with van der Waals surface area (Å²) < 4.78 is 0. The number of para-hydroxylation sites is 1. The van der Waals surface area contributed by atoms with Crippen molar-refractivity contribution < 1.29 is 9.59 Å². The molecule has 4 nitrogen and oxygen atoms in total. The van der Waals surface area contributed by atoms with Gasteiger partial charge in [-0.1, -0.05) is 48.5 Å². The Morgan fingerprint density at radius 3 is 2.52 bits per heavy atom. The number of fused-ring (bicyclic) bond motifs is 1. The van der Waals surface area contributed by atoms with Gasteiger partial charge in [0.15, 0.2) is 0 Å². The third-order valence-corrected chi connectivity index (χ3v) is 5.25. The topological polar surface area (TPSA) is 49.4 Å². The molecule has 0 saturated heterocycles. The van der Waals surface area contributed by atoms with Gasteiger partial charge < -0.3 is 10.2 Å². The van der Waals surface area contributed by atoms with Crippen LogP contribution in [0.4, 0.5) is 5.69 Å². The maximum absolute atomic E-state index is 13.3. The van der Waals surface area contributed by atoms with E-state index in [1.54, 1.807) is 11.9 Å². The van der Waals surface area contributed by atoms with E-state index in [9.17, 15) is 9.59 Å². The van der Waals surface area contributed by atoms with Gasteiger partial charge in [0, 0.05) is 25.2 Å². The van der Waals surface area contributed by atoms with Crippen molar-refractivity contribution in [3.05, 3.63) is 65.7 Å². The molecule has 1 fully saturated rings. The summed E-state index contributed by atoms with van der Waals surface area (Å²) in [6.07, 6.45) is 2.81. The number of nitrogens with one attached hydrogen (secondary N) is 1. The monoisotopic (exact) mass is 334 g/mol. The standard InChI is InChI=1S/C21H22N2O2/c1-23-18-10-6-5-9-17(18)21(20(23)25,13-15-7-3-2-4-8-15)14-19(24)22-16-11-12-16/h2-10,16H,11-14H2,1H3,(H,22,24)/t21-/m0/s1. The lowest BCUT2D eigenvalue weighted by molar-refractivity contribution is -0.129. The lowest BCUT2D eigenvalue weighted by atomic mass is 9.73. The molecule has 2 aliphatic rings. The fourth-order valence-electron chi connectivity index (χ4n) is 3.85. The molecule has 0 bridgehead atoms. The first kappa shape index (κ1) is 15.9. The molecule has 0 spiro atoms. The Morgan fingerprint density at radius 2 is 1.80 bits per heavy atom. The largest absolute Gasteiger partial charge is 0.353 e. The van der Waals surface area contributed by atoms with Crippen LogP contribution in [0.3, 0.4) is 0 Å². The first-order valence-electron chi connectivity index (χ1n) is 8.81. The predicted molar refractivity (Wildman–Crippen MR) is 97.5 cm³/mol. The third-order valence-electron chi connectivity index (χ3n) is 5.25. The summed E-state index contributed by atoms with van der Waals surface area (Å²) in [5.74, 6) is -0.0274. The molecule has 128 valence electrons. The third kappa shape index (κ3) is 2.82. The van der Waals surface area contributed by atoms with Gasteiger partial charge in [-0.3, -0.25) is 9.59 Å². The number of hydrogen-bond donors (Lipinski definition) is 1. The van der Waals surface area contributed by atoms with Crippen LogP contribution in [0.1, 0.15) is 30.4 Å². The molecule has 1 aliphatic carbocycles. The number of carbonyl (C=O) groups excluding carboxylic acids is 2. The van der Waals surface area contributed by atoms with Gasteiger partial charge in [-0.05, 0) is 36.5 Å². The molecule has 1 atom stereocenters. The summed E-state index contributed by atoms with van der Waals surface area (Å²) in [5, 5.41) is 3.05. The van der Waals surface area contributed by atoms with E-state index in [2.05, 4.69) is 5.32 Å². The molecule has 1 aliphatic heterocycles. The Balaban J connectivity index is 1.75. The van der Waals surface area contributed by atoms with Gasteiger partial charge in [-0.15, -0.1) is 0 Å². The van der Waals surface area contributed by atoms with Gasteiger partial charge in [0.25, 0.3) is 0 Å². The van der Waals surface area contributed by atoms with Crippen LogP contribution in [-0.4, -0.2) is 24.9 Å². The van der Waals surface area contributed by atoms with E-state index < -0.39 is 5.41 Å². The molecule has 1 N–H and O–H groups in total. The van der Waals surface area contributed by atoms with Gasteiger partial charge >= 0.3 is 0 Å². The van der Waals surface area contributed by atoms with E-state index in [1.165, 1.54) is 0 Å². The molecule has 0 radical (unpaired) electrons. The van der Waals surface area contributed by atoms with Crippen LogP contribution in [0, 0.1) is 0 Å². The van der Waals surface area contributed by atoms with Gasteiger partial charge in [0.2, 0.25) is 11.8 Å². The number of hydrogen-bond acceptors (Lipinski definition) is 2. The van der Waals surface area contributed by atoms with Crippen LogP contribution < -0.4 is 10.2 Å². The molecule has 1 heterocycles. The Bertz CT molecular complexity index is 814. The number of anilines is 1. The number of nitrogens with zero attached hydrogens (tertiary/aromatic N) is 1. The molecule has 1 saturated carbocycles. The van der Waals surface area contributed by atoms with Crippen molar-refractivity contribution in [1.82, 2.24) is 5.32 Å². The highest BCUT2D eigenvalue weighted by Crippen LogP contribution is 2.45. The zero-order chi connectivity index (χ0) is 17.4. The highest BCUT2D eigenvalue weighted by molar-refractivity contribution is 6.10. The van der Waals surface area contributed by atoms with Crippen LogP contribution in [0.5, 0.6) is 0 Å². The number of rotatable bonds is 5. The normalized spacial score (nSPS) is 22.0. The van der Waals surface area contributed by atoms with Crippen molar-refractivity contribution >= 4 is 17.5 Å². The Hall–Kier alpha value is -2.62. The van der Waals surface area contributed by atoms with Crippen LogP contribution >= 0.6 is 0 Å². The number of likely N-dealkylation sites (N-methyl/N-ethyl adjacent to an activating group) is 1. The first-order chi connectivity index (χ1) is 12.1. The van der Waals surface area contributed by atoms with Gasteiger partial charge in [-0.2, -0.15) is 0 Å². The maximum Gasteiger partial charge on any atom is 0.238 e. The molecule has 4 heteroatoms. The summed E-state index contributed by atoms with van der Waals surface area (Å²) >= 11 is 0. The van der Waals surface area contributed by atoms with Crippen molar-refractivity contribution in [3.8, 4) is 0 Å². The fraction of sp³-hybridized carbons (Fsp3) is 0.333. The van der Waals surface area contributed by atoms with E-state index in [0.29, 0.717) is 12.5 Å².